The van der Waals surface area contributed by atoms with Crippen molar-refractivity contribution in [2.45, 2.75) is 38.2 Å². The van der Waals surface area contributed by atoms with E-state index in [2.05, 4.69) is 0 Å². The number of rotatable bonds is 2. The largest absolute Gasteiger partial charge is 0.466 e. The van der Waals surface area contributed by atoms with Gasteiger partial charge < -0.3 is 15.3 Å². The first-order valence-corrected chi connectivity index (χ1v) is 5.03. The first-order valence-electron chi connectivity index (χ1n) is 5.03. The number of nitrogens with two attached hydrogens (primary N) is 1. The predicted octanol–water partition coefficient (Wildman–Crippen LogP) is 1.25. The van der Waals surface area contributed by atoms with Gasteiger partial charge in [-0.3, -0.25) is 0 Å². The summed E-state index contributed by atoms with van der Waals surface area (Å²) in [4.78, 5) is 0. The molecule has 1 aromatic rings. The van der Waals surface area contributed by atoms with Crippen LogP contribution >= 0.6 is 0 Å². The van der Waals surface area contributed by atoms with Gasteiger partial charge in [0.2, 0.25) is 0 Å². The van der Waals surface area contributed by atoms with Crippen molar-refractivity contribution >= 4 is 0 Å². The fraction of sp³-hybridized carbons (Fsp3) is 0.636. The minimum Gasteiger partial charge on any atom is -0.466 e. The van der Waals surface area contributed by atoms with Crippen LogP contribution in [0, 0.1) is 13.8 Å². The van der Waals surface area contributed by atoms with Gasteiger partial charge in [0.1, 0.15) is 11.5 Å². The van der Waals surface area contributed by atoms with Crippen molar-refractivity contribution in [2.24, 2.45) is 5.73 Å². The molecule has 0 radical (unpaired) electrons. The van der Waals surface area contributed by atoms with Crippen molar-refractivity contribution in [1.82, 2.24) is 0 Å². The number of aliphatic hydroxyl groups excluding tert-OH is 1. The molecule has 3 heteroatoms. The fourth-order valence-electron chi connectivity index (χ4n) is 2.50. The highest BCUT2D eigenvalue weighted by Gasteiger charge is 2.45. The highest BCUT2D eigenvalue weighted by Crippen LogP contribution is 2.45. The Morgan fingerprint density at radius 2 is 2.21 bits per heavy atom. The summed E-state index contributed by atoms with van der Waals surface area (Å²) >= 11 is 0. The molecular formula is C11H17NO2. The van der Waals surface area contributed by atoms with Gasteiger partial charge in [0.05, 0.1) is 6.10 Å². The number of hydrogen-bond donors (Lipinski definition) is 2. The van der Waals surface area contributed by atoms with Crippen molar-refractivity contribution < 1.29 is 9.52 Å². The lowest BCUT2D eigenvalue weighted by Gasteiger charge is -2.44. The van der Waals surface area contributed by atoms with Gasteiger partial charge in [0, 0.05) is 17.5 Å². The predicted molar refractivity (Wildman–Crippen MR) is 54.2 cm³/mol. The molecule has 1 fully saturated rings. The van der Waals surface area contributed by atoms with E-state index in [9.17, 15) is 5.11 Å². The van der Waals surface area contributed by atoms with Crippen molar-refractivity contribution in [3.8, 4) is 0 Å². The van der Waals surface area contributed by atoms with Gasteiger partial charge in [-0.1, -0.05) is 0 Å². The van der Waals surface area contributed by atoms with Crippen molar-refractivity contribution in [1.29, 1.82) is 0 Å². The Bertz CT molecular complexity index is 337. The quantitative estimate of drug-likeness (QED) is 0.746. The highest BCUT2D eigenvalue weighted by atomic mass is 16.3. The summed E-state index contributed by atoms with van der Waals surface area (Å²) < 4.78 is 5.50. The smallest absolute Gasteiger partial charge is 0.104 e. The van der Waals surface area contributed by atoms with Gasteiger partial charge in [0.25, 0.3) is 0 Å². The molecule has 0 atom stereocenters. The van der Waals surface area contributed by atoms with Crippen LogP contribution in [-0.4, -0.2) is 17.8 Å². The van der Waals surface area contributed by atoms with Crippen molar-refractivity contribution in [2.75, 3.05) is 6.54 Å². The van der Waals surface area contributed by atoms with E-state index < -0.39 is 0 Å². The Kier molecular flexibility index (Phi) is 2.16. The molecule has 14 heavy (non-hydrogen) atoms. The molecule has 1 aromatic heterocycles. The van der Waals surface area contributed by atoms with Gasteiger partial charge in [-0.15, -0.1) is 0 Å². The maximum Gasteiger partial charge on any atom is 0.104 e. The first-order chi connectivity index (χ1) is 6.57. The third kappa shape index (κ3) is 1.28. The zero-order valence-electron chi connectivity index (χ0n) is 8.71. The third-order valence-electron chi connectivity index (χ3n) is 3.26. The lowest BCUT2D eigenvalue weighted by Crippen LogP contribution is -2.49. The molecule has 0 unspecified atom stereocenters. The van der Waals surface area contributed by atoms with E-state index in [1.165, 1.54) is 5.56 Å². The molecule has 1 aliphatic carbocycles. The van der Waals surface area contributed by atoms with E-state index in [0.29, 0.717) is 6.54 Å². The molecular weight excluding hydrogens is 178 g/mol. The Morgan fingerprint density at radius 3 is 2.57 bits per heavy atom. The Labute approximate surface area is 83.9 Å². The second-order valence-electron chi connectivity index (χ2n) is 4.37. The summed E-state index contributed by atoms with van der Waals surface area (Å²) in [5, 5.41) is 9.39. The van der Waals surface area contributed by atoms with Crippen LogP contribution in [0.3, 0.4) is 0 Å². The zero-order valence-corrected chi connectivity index (χ0v) is 8.71. The van der Waals surface area contributed by atoms with E-state index in [1.807, 2.05) is 19.9 Å². The average Bonchev–Trinajstić information content (AvgIpc) is 2.40. The van der Waals surface area contributed by atoms with Crippen LogP contribution in [0.1, 0.15) is 29.9 Å². The van der Waals surface area contributed by atoms with E-state index in [1.54, 1.807) is 0 Å². The van der Waals surface area contributed by atoms with Crippen molar-refractivity contribution in [3.05, 3.63) is 23.2 Å². The number of hydrogen-bond acceptors (Lipinski definition) is 3. The molecule has 1 heterocycles. The van der Waals surface area contributed by atoms with Gasteiger partial charge in [-0.2, -0.15) is 0 Å². The van der Waals surface area contributed by atoms with Crippen LogP contribution in [0.15, 0.2) is 10.5 Å². The molecule has 0 aliphatic heterocycles. The topological polar surface area (TPSA) is 59.4 Å². The van der Waals surface area contributed by atoms with Crippen LogP contribution in [0.5, 0.6) is 0 Å². The third-order valence-corrected chi connectivity index (χ3v) is 3.26. The van der Waals surface area contributed by atoms with E-state index in [0.717, 1.165) is 24.4 Å². The first kappa shape index (κ1) is 9.74. The molecule has 1 saturated carbocycles. The number of aliphatic hydroxyl groups is 1. The summed E-state index contributed by atoms with van der Waals surface area (Å²) in [5.74, 6) is 1.87. The summed E-state index contributed by atoms with van der Waals surface area (Å²) in [5.41, 5.74) is 6.95. The van der Waals surface area contributed by atoms with Crippen LogP contribution < -0.4 is 5.73 Å². The Hall–Kier alpha value is -0.800. The second-order valence-corrected chi connectivity index (χ2v) is 4.37. The SMILES string of the molecule is Cc1cc(C2(CN)CC(O)C2)c(C)o1. The standard InChI is InChI=1S/C11H17NO2/c1-7-3-10(8(2)14-7)11(6-12)4-9(13)5-11/h3,9,13H,4-6,12H2,1-2H3. The molecule has 1 aliphatic rings. The maximum atomic E-state index is 9.39. The normalized spacial score (nSPS) is 31.6. The van der Waals surface area contributed by atoms with E-state index in [-0.39, 0.29) is 11.5 Å². The highest BCUT2D eigenvalue weighted by molar-refractivity contribution is 5.33. The number of aryl methyl sites for hydroxylation is 2. The molecule has 78 valence electrons. The maximum absolute atomic E-state index is 9.39. The lowest BCUT2D eigenvalue weighted by molar-refractivity contribution is 0.0215. The molecule has 2 rings (SSSR count). The van der Waals surface area contributed by atoms with Crippen LogP contribution in [-0.2, 0) is 5.41 Å². The summed E-state index contributed by atoms with van der Waals surface area (Å²) in [6.45, 7) is 4.49. The molecule has 0 saturated heterocycles. The summed E-state index contributed by atoms with van der Waals surface area (Å²) in [7, 11) is 0. The van der Waals surface area contributed by atoms with Crippen LogP contribution in [0.25, 0.3) is 0 Å². The van der Waals surface area contributed by atoms with E-state index >= 15 is 0 Å². The zero-order chi connectivity index (χ0) is 10.3. The fourth-order valence-corrected chi connectivity index (χ4v) is 2.50. The summed E-state index contributed by atoms with van der Waals surface area (Å²) in [6.07, 6.45) is 1.35. The molecule has 0 aromatic carbocycles. The lowest BCUT2D eigenvalue weighted by atomic mass is 9.63. The van der Waals surface area contributed by atoms with Crippen LogP contribution in [0.2, 0.25) is 0 Å². The summed E-state index contributed by atoms with van der Waals surface area (Å²) in [6, 6.07) is 2.05. The molecule has 0 bridgehead atoms. The molecule has 3 nitrogen and oxygen atoms in total. The molecule has 0 spiro atoms. The minimum atomic E-state index is -0.187. The Balaban J connectivity index is 2.33. The minimum absolute atomic E-state index is 0.0265. The van der Waals surface area contributed by atoms with Crippen LogP contribution in [0.4, 0.5) is 0 Å². The van der Waals surface area contributed by atoms with Gasteiger partial charge in [-0.05, 0) is 32.8 Å². The Morgan fingerprint density at radius 1 is 1.57 bits per heavy atom. The second kappa shape index (κ2) is 3.11. The molecule has 0 amide bonds. The van der Waals surface area contributed by atoms with Gasteiger partial charge in [-0.25, -0.2) is 0 Å². The monoisotopic (exact) mass is 195 g/mol. The average molecular weight is 195 g/mol. The van der Waals surface area contributed by atoms with Gasteiger partial charge in [0.15, 0.2) is 0 Å². The van der Waals surface area contributed by atoms with Crippen molar-refractivity contribution in [3.63, 3.8) is 0 Å². The van der Waals surface area contributed by atoms with Gasteiger partial charge >= 0.3 is 0 Å². The molecule has 3 N–H and O–H groups in total. The number of furan rings is 1. The van der Waals surface area contributed by atoms with E-state index in [4.69, 9.17) is 10.2 Å².